The van der Waals surface area contributed by atoms with Crippen molar-refractivity contribution in [2.75, 3.05) is 6.54 Å². The Bertz CT molecular complexity index is 397. The Labute approximate surface area is 106 Å². The Morgan fingerprint density at radius 2 is 2.41 bits per heavy atom. The van der Waals surface area contributed by atoms with Crippen molar-refractivity contribution in [3.8, 4) is 0 Å². The first-order valence-corrected chi connectivity index (χ1v) is 6.91. The molecule has 92 valence electrons. The van der Waals surface area contributed by atoms with Gasteiger partial charge in [-0.1, -0.05) is 0 Å². The van der Waals surface area contributed by atoms with E-state index in [2.05, 4.69) is 22.6 Å². The van der Waals surface area contributed by atoms with Gasteiger partial charge in [-0.05, 0) is 25.5 Å². The minimum absolute atomic E-state index is 0.513. The van der Waals surface area contributed by atoms with Crippen LogP contribution < -0.4 is 5.32 Å². The van der Waals surface area contributed by atoms with E-state index in [9.17, 15) is 0 Å². The summed E-state index contributed by atoms with van der Waals surface area (Å²) in [6.07, 6.45) is 4.84. The van der Waals surface area contributed by atoms with E-state index in [0.29, 0.717) is 6.04 Å². The number of nitrogens with zero attached hydrogens (tertiary/aromatic N) is 1. The molecule has 0 aliphatic rings. The monoisotopic (exact) mass is 250 g/mol. The lowest BCUT2D eigenvalue weighted by Crippen LogP contribution is -2.28. The van der Waals surface area contributed by atoms with Crippen LogP contribution in [0.15, 0.2) is 33.7 Å². The second-order valence-corrected chi connectivity index (χ2v) is 4.92. The summed E-state index contributed by atoms with van der Waals surface area (Å²) in [5, 5.41) is 5.61. The average molecular weight is 250 g/mol. The third-order valence-electron chi connectivity index (χ3n) is 2.76. The van der Waals surface area contributed by atoms with Gasteiger partial charge in [-0.3, -0.25) is 0 Å². The molecule has 1 unspecified atom stereocenters. The van der Waals surface area contributed by atoms with Crippen LogP contribution in [0.25, 0.3) is 0 Å². The lowest BCUT2D eigenvalue weighted by atomic mass is 10.1. The molecule has 0 aliphatic carbocycles. The lowest BCUT2D eigenvalue weighted by Gasteiger charge is -2.12. The second kappa shape index (κ2) is 6.57. The van der Waals surface area contributed by atoms with Crippen molar-refractivity contribution in [3.63, 3.8) is 0 Å². The zero-order valence-corrected chi connectivity index (χ0v) is 10.9. The van der Waals surface area contributed by atoms with Crippen LogP contribution in [0.4, 0.5) is 0 Å². The van der Waals surface area contributed by atoms with E-state index in [-0.39, 0.29) is 0 Å². The molecule has 2 heterocycles. The predicted molar refractivity (Wildman–Crippen MR) is 70.3 cm³/mol. The molecule has 0 saturated heterocycles. The predicted octanol–water partition coefficient (Wildman–Crippen LogP) is 2.89. The number of aromatic nitrogens is 1. The first kappa shape index (κ1) is 12.3. The highest BCUT2D eigenvalue weighted by Gasteiger charge is 2.03. The Kier molecular flexibility index (Phi) is 4.76. The summed E-state index contributed by atoms with van der Waals surface area (Å²) in [6.45, 7) is 3.20. The van der Waals surface area contributed by atoms with Crippen LogP contribution in [0.5, 0.6) is 0 Å². The fourth-order valence-electron chi connectivity index (χ4n) is 1.72. The van der Waals surface area contributed by atoms with Crippen molar-refractivity contribution in [1.82, 2.24) is 10.3 Å². The van der Waals surface area contributed by atoms with Crippen molar-refractivity contribution in [3.05, 3.63) is 40.7 Å². The van der Waals surface area contributed by atoms with Gasteiger partial charge in [0, 0.05) is 30.8 Å². The van der Waals surface area contributed by atoms with Gasteiger partial charge in [0.15, 0.2) is 0 Å². The molecule has 0 saturated carbocycles. The van der Waals surface area contributed by atoms with Crippen molar-refractivity contribution in [1.29, 1.82) is 0 Å². The third kappa shape index (κ3) is 4.32. The van der Waals surface area contributed by atoms with Crippen LogP contribution >= 0.6 is 11.3 Å². The SMILES string of the molecule is CC(CCc1ccco1)NCCc1cscn1. The summed E-state index contributed by atoms with van der Waals surface area (Å²) in [5.74, 6) is 1.07. The van der Waals surface area contributed by atoms with Crippen molar-refractivity contribution < 1.29 is 4.42 Å². The van der Waals surface area contributed by atoms with Crippen LogP contribution in [0.2, 0.25) is 0 Å². The first-order chi connectivity index (χ1) is 8.34. The molecule has 1 N–H and O–H groups in total. The van der Waals surface area contributed by atoms with E-state index in [1.54, 1.807) is 17.6 Å². The number of furan rings is 1. The van der Waals surface area contributed by atoms with Gasteiger partial charge in [-0.2, -0.15) is 0 Å². The highest BCUT2D eigenvalue weighted by Crippen LogP contribution is 2.06. The third-order valence-corrected chi connectivity index (χ3v) is 3.40. The van der Waals surface area contributed by atoms with E-state index in [0.717, 1.165) is 31.6 Å². The van der Waals surface area contributed by atoms with E-state index in [1.165, 1.54) is 5.69 Å². The minimum atomic E-state index is 0.513. The molecular weight excluding hydrogens is 232 g/mol. The number of hydrogen-bond acceptors (Lipinski definition) is 4. The molecule has 4 heteroatoms. The van der Waals surface area contributed by atoms with Gasteiger partial charge in [0.05, 0.1) is 17.5 Å². The zero-order chi connectivity index (χ0) is 11.9. The van der Waals surface area contributed by atoms with Crippen molar-refractivity contribution in [2.24, 2.45) is 0 Å². The molecule has 0 radical (unpaired) electrons. The fraction of sp³-hybridized carbons (Fsp3) is 0.462. The Morgan fingerprint density at radius 3 is 3.12 bits per heavy atom. The smallest absolute Gasteiger partial charge is 0.103 e. The molecule has 2 aromatic heterocycles. The molecule has 1 atom stereocenters. The van der Waals surface area contributed by atoms with Crippen molar-refractivity contribution in [2.45, 2.75) is 32.2 Å². The summed E-state index contributed by atoms with van der Waals surface area (Å²) < 4.78 is 5.31. The van der Waals surface area contributed by atoms with E-state index < -0.39 is 0 Å². The summed E-state index contributed by atoms with van der Waals surface area (Å²) in [7, 11) is 0. The summed E-state index contributed by atoms with van der Waals surface area (Å²) in [4.78, 5) is 4.26. The fourth-order valence-corrected chi connectivity index (χ4v) is 2.32. The molecule has 0 amide bonds. The maximum atomic E-state index is 5.31. The molecule has 0 bridgehead atoms. The van der Waals surface area contributed by atoms with Gasteiger partial charge < -0.3 is 9.73 Å². The normalized spacial score (nSPS) is 12.8. The summed E-state index contributed by atoms with van der Waals surface area (Å²) >= 11 is 1.66. The minimum Gasteiger partial charge on any atom is -0.469 e. The van der Waals surface area contributed by atoms with Crippen LogP contribution in [0, 0.1) is 0 Å². The average Bonchev–Trinajstić information content (AvgIpc) is 2.99. The molecule has 3 nitrogen and oxygen atoms in total. The maximum absolute atomic E-state index is 5.31. The maximum Gasteiger partial charge on any atom is 0.103 e. The molecule has 0 spiro atoms. The molecule has 2 rings (SSSR count). The number of hydrogen-bond donors (Lipinski definition) is 1. The first-order valence-electron chi connectivity index (χ1n) is 5.97. The van der Waals surface area contributed by atoms with Gasteiger partial charge in [0.1, 0.15) is 5.76 Å². The molecule has 0 fully saturated rings. The Hall–Kier alpha value is -1.13. The highest BCUT2D eigenvalue weighted by molar-refractivity contribution is 7.07. The molecule has 17 heavy (non-hydrogen) atoms. The van der Waals surface area contributed by atoms with Crippen LogP contribution in [-0.4, -0.2) is 17.6 Å². The summed E-state index contributed by atoms with van der Waals surface area (Å²) in [6, 6.07) is 4.48. The van der Waals surface area contributed by atoms with Gasteiger partial charge in [0.25, 0.3) is 0 Å². The largest absolute Gasteiger partial charge is 0.469 e. The van der Waals surface area contributed by atoms with Gasteiger partial charge >= 0.3 is 0 Å². The zero-order valence-electron chi connectivity index (χ0n) is 10.1. The number of rotatable bonds is 7. The second-order valence-electron chi connectivity index (χ2n) is 4.20. The lowest BCUT2D eigenvalue weighted by molar-refractivity contribution is 0.461. The van der Waals surface area contributed by atoms with E-state index in [4.69, 9.17) is 4.42 Å². The quantitative estimate of drug-likeness (QED) is 0.821. The summed E-state index contributed by atoms with van der Waals surface area (Å²) in [5.41, 5.74) is 3.07. The highest BCUT2D eigenvalue weighted by atomic mass is 32.1. The Balaban J connectivity index is 1.59. The molecular formula is C13H18N2OS. The molecule has 0 aromatic carbocycles. The van der Waals surface area contributed by atoms with E-state index >= 15 is 0 Å². The molecule has 2 aromatic rings. The molecule has 0 aliphatic heterocycles. The Morgan fingerprint density at radius 1 is 1.47 bits per heavy atom. The van der Waals surface area contributed by atoms with Crippen LogP contribution in [0.3, 0.4) is 0 Å². The standard InChI is InChI=1S/C13H18N2OS/c1-11(4-5-13-3-2-8-16-13)14-7-6-12-9-17-10-15-12/h2-3,8-11,14H,4-7H2,1H3. The van der Waals surface area contributed by atoms with Crippen molar-refractivity contribution >= 4 is 11.3 Å². The van der Waals surface area contributed by atoms with Crippen LogP contribution in [-0.2, 0) is 12.8 Å². The number of nitrogens with one attached hydrogen (secondary N) is 1. The van der Waals surface area contributed by atoms with Gasteiger partial charge in [-0.15, -0.1) is 11.3 Å². The van der Waals surface area contributed by atoms with Gasteiger partial charge in [-0.25, -0.2) is 4.98 Å². The van der Waals surface area contributed by atoms with E-state index in [1.807, 2.05) is 17.6 Å². The van der Waals surface area contributed by atoms with Gasteiger partial charge in [0.2, 0.25) is 0 Å². The topological polar surface area (TPSA) is 38.1 Å². The van der Waals surface area contributed by atoms with Crippen LogP contribution in [0.1, 0.15) is 24.8 Å². The number of aryl methyl sites for hydroxylation is 1. The number of thiazole rings is 1.